The van der Waals surface area contributed by atoms with Crippen LogP contribution in [-0.2, 0) is 0 Å². The highest BCUT2D eigenvalue weighted by Gasteiger charge is 2.18. The number of piperidine rings is 1. The van der Waals surface area contributed by atoms with Gasteiger partial charge in [-0.25, -0.2) is 0 Å². The monoisotopic (exact) mass is 175 g/mol. The summed E-state index contributed by atoms with van der Waals surface area (Å²) in [4.78, 5) is 2.06. The van der Waals surface area contributed by atoms with Gasteiger partial charge in [0.1, 0.15) is 6.10 Å². The van der Waals surface area contributed by atoms with E-state index in [0.717, 1.165) is 25.9 Å². The normalized spacial score (nSPS) is 23.0. The fourth-order valence-corrected chi connectivity index (χ4v) is 1.50. The Bertz CT molecular complexity index is 123. The van der Waals surface area contributed by atoms with Crippen molar-refractivity contribution in [3.05, 3.63) is 0 Å². The largest absolute Gasteiger partial charge is 0.386 e. The summed E-state index contributed by atoms with van der Waals surface area (Å²) in [6.07, 6.45) is 0.909. The van der Waals surface area contributed by atoms with E-state index in [9.17, 15) is 0 Å². The van der Waals surface area contributed by atoms with Crippen molar-refractivity contribution in [3.63, 3.8) is 0 Å². The first-order valence-corrected chi connectivity index (χ1v) is 4.46. The van der Waals surface area contributed by atoms with E-state index in [4.69, 9.17) is 15.3 Å². The summed E-state index contributed by atoms with van der Waals surface area (Å²) in [5.41, 5.74) is 0. The molecule has 1 atom stereocenters. The number of aliphatic hydroxyl groups is 3. The Morgan fingerprint density at radius 3 is 2.08 bits per heavy atom. The van der Waals surface area contributed by atoms with Crippen molar-refractivity contribution in [1.29, 1.82) is 0 Å². The van der Waals surface area contributed by atoms with Gasteiger partial charge in [0.25, 0.3) is 0 Å². The van der Waals surface area contributed by atoms with Gasteiger partial charge in [-0.3, -0.25) is 0 Å². The third-order valence-electron chi connectivity index (χ3n) is 2.24. The van der Waals surface area contributed by atoms with E-state index in [1.54, 1.807) is 0 Å². The quantitative estimate of drug-likeness (QED) is 0.489. The Balaban J connectivity index is 2.20. The smallest absolute Gasteiger partial charge is 0.179 e. The van der Waals surface area contributed by atoms with Crippen molar-refractivity contribution in [1.82, 2.24) is 4.90 Å². The number of hydrogen-bond donors (Lipinski definition) is 3. The predicted molar refractivity (Wildman–Crippen MR) is 44.5 cm³/mol. The van der Waals surface area contributed by atoms with Crippen molar-refractivity contribution in [2.75, 3.05) is 19.6 Å². The summed E-state index contributed by atoms with van der Waals surface area (Å²) in [6.45, 7) is 2.30. The zero-order chi connectivity index (χ0) is 8.97. The van der Waals surface area contributed by atoms with Gasteiger partial charge in [0.15, 0.2) is 6.29 Å². The predicted octanol–water partition coefficient (Wildman–Crippen LogP) is -0.856. The first-order chi connectivity index (χ1) is 5.70. The van der Waals surface area contributed by atoms with Crippen molar-refractivity contribution >= 4 is 0 Å². The molecule has 1 fully saturated rings. The molecule has 0 bridgehead atoms. The second-order valence-corrected chi connectivity index (χ2v) is 3.34. The minimum Gasteiger partial charge on any atom is -0.386 e. The fraction of sp³-hybridized carbons (Fsp3) is 1.00. The van der Waals surface area contributed by atoms with Gasteiger partial charge in [-0.15, -0.1) is 0 Å². The van der Waals surface area contributed by atoms with Gasteiger partial charge < -0.3 is 20.2 Å². The van der Waals surface area contributed by atoms with Crippen LogP contribution < -0.4 is 0 Å². The highest BCUT2D eigenvalue weighted by atomic mass is 16.5. The standard InChI is InChI=1S/C8H17NO3/c10-7(8(11)12)6-9-4-2-1-3-5-9/h7-8,10-12H,1-6H2. The van der Waals surface area contributed by atoms with Crippen LogP contribution in [0.15, 0.2) is 0 Å². The van der Waals surface area contributed by atoms with Crippen molar-refractivity contribution in [2.24, 2.45) is 0 Å². The van der Waals surface area contributed by atoms with Crippen LogP contribution in [0, 0.1) is 0 Å². The molecule has 0 aromatic rings. The van der Waals surface area contributed by atoms with Crippen LogP contribution in [0.5, 0.6) is 0 Å². The van der Waals surface area contributed by atoms with Gasteiger partial charge in [0, 0.05) is 6.54 Å². The molecule has 0 amide bonds. The second-order valence-electron chi connectivity index (χ2n) is 3.34. The van der Waals surface area contributed by atoms with Gasteiger partial charge in [0.2, 0.25) is 0 Å². The summed E-state index contributed by atoms with van der Waals surface area (Å²) in [7, 11) is 0. The summed E-state index contributed by atoms with van der Waals surface area (Å²) >= 11 is 0. The Morgan fingerprint density at radius 2 is 1.58 bits per heavy atom. The lowest BCUT2D eigenvalue weighted by Crippen LogP contribution is -2.41. The van der Waals surface area contributed by atoms with Crippen molar-refractivity contribution < 1.29 is 15.3 Å². The lowest BCUT2D eigenvalue weighted by Gasteiger charge is -2.28. The zero-order valence-electron chi connectivity index (χ0n) is 7.19. The third kappa shape index (κ3) is 3.06. The van der Waals surface area contributed by atoms with Crippen molar-refractivity contribution in [2.45, 2.75) is 31.7 Å². The molecule has 12 heavy (non-hydrogen) atoms. The molecule has 1 saturated heterocycles. The van der Waals surface area contributed by atoms with Crippen LogP contribution in [0.4, 0.5) is 0 Å². The summed E-state index contributed by atoms with van der Waals surface area (Å²) < 4.78 is 0. The molecule has 4 heteroatoms. The number of hydrogen-bond acceptors (Lipinski definition) is 4. The van der Waals surface area contributed by atoms with E-state index in [0.29, 0.717) is 6.54 Å². The number of aliphatic hydroxyl groups excluding tert-OH is 2. The van der Waals surface area contributed by atoms with Crippen LogP contribution in [0.3, 0.4) is 0 Å². The van der Waals surface area contributed by atoms with E-state index >= 15 is 0 Å². The maximum absolute atomic E-state index is 9.14. The van der Waals surface area contributed by atoms with Crippen LogP contribution in [0.2, 0.25) is 0 Å². The molecule has 1 unspecified atom stereocenters. The van der Waals surface area contributed by atoms with Gasteiger partial charge in [0.05, 0.1) is 0 Å². The van der Waals surface area contributed by atoms with Crippen LogP contribution in [-0.4, -0.2) is 52.2 Å². The maximum atomic E-state index is 9.14. The van der Waals surface area contributed by atoms with E-state index in [2.05, 4.69) is 4.90 Å². The van der Waals surface area contributed by atoms with E-state index < -0.39 is 12.4 Å². The van der Waals surface area contributed by atoms with E-state index in [1.807, 2.05) is 0 Å². The first-order valence-electron chi connectivity index (χ1n) is 4.46. The van der Waals surface area contributed by atoms with Gasteiger partial charge in [-0.05, 0) is 25.9 Å². The summed E-state index contributed by atoms with van der Waals surface area (Å²) in [5.74, 6) is 0. The highest BCUT2D eigenvalue weighted by Crippen LogP contribution is 2.09. The van der Waals surface area contributed by atoms with Gasteiger partial charge in [-0.1, -0.05) is 6.42 Å². The molecule has 0 radical (unpaired) electrons. The fourth-order valence-electron chi connectivity index (χ4n) is 1.50. The van der Waals surface area contributed by atoms with E-state index in [1.165, 1.54) is 6.42 Å². The maximum Gasteiger partial charge on any atom is 0.179 e. The molecule has 0 aliphatic carbocycles. The minimum atomic E-state index is -1.60. The molecular formula is C8H17NO3. The molecule has 0 spiro atoms. The SMILES string of the molecule is OC(O)C(O)CN1CCCCC1. The van der Waals surface area contributed by atoms with Gasteiger partial charge >= 0.3 is 0 Å². The Hall–Kier alpha value is -0.160. The summed E-state index contributed by atoms with van der Waals surface area (Å²) in [5, 5.41) is 26.4. The lowest BCUT2D eigenvalue weighted by molar-refractivity contribution is -0.129. The number of likely N-dealkylation sites (tertiary alicyclic amines) is 1. The molecule has 0 saturated carbocycles. The molecule has 1 heterocycles. The Labute approximate surface area is 72.4 Å². The zero-order valence-corrected chi connectivity index (χ0v) is 7.19. The molecule has 1 rings (SSSR count). The van der Waals surface area contributed by atoms with Crippen LogP contribution >= 0.6 is 0 Å². The van der Waals surface area contributed by atoms with E-state index in [-0.39, 0.29) is 0 Å². The molecular weight excluding hydrogens is 158 g/mol. The Morgan fingerprint density at radius 1 is 1.00 bits per heavy atom. The molecule has 1 aliphatic rings. The van der Waals surface area contributed by atoms with Crippen LogP contribution in [0.1, 0.15) is 19.3 Å². The van der Waals surface area contributed by atoms with Gasteiger partial charge in [-0.2, -0.15) is 0 Å². The first kappa shape index (κ1) is 9.92. The second kappa shape index (κ2) is 4.77. The molecule has 1 aliphatic heterocycles. The average Bonchev–Trinajstić information content (AvgIpc) is 2.06. The third-order valence-corrected chi connectivity index (χ3v) is 2.24. The summed E-state index contributed by atoms with van der Waals surface area (Å²) in [6, 6.07) is 0. The molecule has 72 valence electrons. The molecule has 3 N–H and O–H groups in total. The molecule has 0 aromatic heterocycles. The minimum absolute atomic E-state index is 0.373. The molecule has 4 nitrogen and oxygen atoms in total. The number of rotatable bonds is 3. The average molecular weight is 175 g/mol. The topological polar surface area (TPSA) is 63.9 Å². The number of β-amino-alcohol motifs (C(OH)–C–C–N with tert-alkyl or cyclic N) is 1. The Kier molecular flexibility index (Phi) is 3.94. The number of nitrogens with zero attached hydrogens (tertiary/aromatic N) is 1. The van der Waals surface area contributed by atoms with Crippen LogP contribution in [0.25, 0.3) is 0 Å². The highest BCUT2D eigenvalue weighted by molar-refractivity contribution is 4.69. The lowest BCUT2D eigenvalue weighted by atomic mass is 10.1. The molecule has 0 aromatic carbocycles. The van der Waals surface area contributed by atoms with Crippen molar-refractivity contribution in [3.8, 4) is 0 Å².